The van der Waals surface area contributed by atoms with Crippen molar-refractivity contribution in [3.8, 4) is 0 Å². The lowest BCUT2D eigenvalue weighted by Gasteiger charge is -2.24. The topological polar surface area (TPSA) is 81.6 Å². The summed E-state index contributed by atoms with van der Waals surface area (Å²) in [6.07, 6.45) is 3.56. The quantitative estimate of drug-likeness (QED) is 0.720. The van der Waals surface area contributed by atoms with Crippen LogP contribution in [0.1, 0.15) is 29.8 Å². The van der Waals surface area contributed by atoms with Gasteiger partial charge in [0.25, 0.3) is 5.91 Å². The smallest absolute Gasteiger partial charge is 0.307 e. The summed E-state index contributed by atoms with van der Waals surface area (Å²) in [5.41, 5.74) is 0.304. The zero-order valence-electron chi connectivity index (χ0n) is 11.3. The summed E-state index contributed by atoms with van der Waals surface area (Å²) in [6, 6.07) is 0. The maximum absolute atomic E-state index is 12.3. The number of carbonyl (C=O) groups is 2. The van der Waals surface area contributed by atoms with Crippen molar-refractivity contribution in [3.63, 3.8) is 0 Å². The fourth-order valence-electron chi connectivity index (χ4n) is 2.06. The highest BCUT2D eigenvalue weighted by Crippen LogP contribution is 2.15. The molecule has 1 aromatic heterocycles. The van der Waals surface area contributed by atoms with E-state index in [1.165, 1.54) is 13.3 Å². The molecule has 0 spiro atoms. The molecular weight excluding hydrogens is 282 g/mol. The summed E-state index contributed by atoms with van der Waals surface area (Å²) >= 11 is 0.987. The Bertz CT molecular complexity index is 446. The first-order valence-electron chi connectivity index (χ1n) is 6.46. The first-order valence-corrected chi connectivity index (χ1v) is 7.19. The summed E-state index contributed by atoms with van der Waals surface area (Å²) in [4.78, 5) is 25.1. The van der Waals surface area contributed by atoms with Crippen LogP contribution in [-0.2, 0) is 14.3 Å². The van der Waals surface area contributed by atoms with E-state index < -0.39 is 0 Å². The normalized spacial score (nSPS) is 17.9. The van der Waals surface area contributed by atoms with Gasteiger partial charge in [0, 0.05) is 19.7 Å². The standard InChI is InChI=1S/C12H17N3O4S/c1-18-11(16)4-5-15(8-9-3-2-6-19-9)12(17)10-7-13-20-14-10/h7,9H,2-6,8H2,1H3. The van der Waals surface area contributed by atoms with E-state index in [-0.39, 0.29) is 24.4 Å². The first kappa shape index (κ1) is 14.9. The Morgan fingerprint density at radius 2 is 2.45 bits per heavy atom. The largest absolute Gasteiger partial charge is 0.469 e. The van der Waals surface area contributed by atoms with Gasteiger partial charge < -0.3 is 14.4 Å². The van der Waals surface area contributed by atoms with Gasteiger partial charge >= 0.3 is 5.97 Å². The Hall–Kier alpha value is -1.54. The minimum Gasteiger partial charge on any atom is -0.469 e. The third kappa shape index (κ3) is 3.97. The molecular formula is C12H17N3O4S. The lowest BCUT2D eigenvalue weighted by atomic mass is 10.2. The van der Waals surface area contributed by atoms with Crippen molar-refractivity contribution >= 4 is 23.6 Å². The van der Waals surface area contributed by atoms with E-state index in [0.717, 1.165) is 31.2 Å². The number of aromatic nitrogens is 2. The minimum absolute atomic E-state index is 0.0307. The first-order chi connectivity index (χ1) is 9.70. The number of nitrogens with zero attached hydrogens (tertiary/aromatic N) is 3. The van der Waals surface area contributed by atoms with Gasteiger partial charge in [0.1, 0.15) is 0 Å². The van der Waals surface area contributed by atoms with Gasteiger partial charge in [0.2, 0.25) is 0 Å². The highest BCUT2D eigenvalue weighted by molar-refractivity contribution is 6.99. The summed E-state index contributed by atoms with van der Waals surface area (Å²) in [5, 5.41) is 0. The van der Waals surface area contributed by atoms with Crippen LogP contribution in [0.5, 0.6) is 0 Å². The number of methoxy groups -OCH3 is 1. The second kappa shape index (κ2) is 7.30. The molecule has 0 N–H and O–H groups in total. The average molecular weight is 299 g/mol. The molecule has 1 atom stereocenters. The summed E-state index contributed by atoms with van der Waals surface area (Å²) in [6.45, 7) is 1.48. The maximum Gasteiger partial charge on any atom is 0.307 e. The Labute approximate surface area is 121 Å². The van der Waals surface area contributed by atoms with Crippen LogP contribution in [0, 0.1) is 0 Å². The third-order valence-corrected chi connectivity index (χ3v) is 3.61. The molecule has 1 aromatic rings. The van der Waals surface area contributed by atoms with Crippen molar-refractivity contribution in [3.05, 3.63) is 11.9 Å². The number of rotatable bonds is 6. The second-order valence-corrected chi connectivity index (χ2v) is 5.06. The molecule has 1 aliphatic rings. The number of amides is 1. The van der Waals surface area contributed by atoms with Crippen LogP contribution in [0.4, 0.5) is 0 Å². The van der Waals surface area contributed by atoms with Gasteiger partial charge in [-0.05, 0) is 12.8 Å². The molecule has 1 unspecified atom stereocenters. The van der Waals surface area contributed by atoms with Crippen molar-refractivity contribution in [2.75, 3.05) is 26.8 Å². The van der Waals surface area contributed by atoms with Gasteiger partial charge in [0.15, 0.2) is 5.69 Å². The Morgan fingerprint density at radius 3 is 3.05 bits per heavy atom. The monoisotopic (exact) mass is 299 g/mol. The lowest BCUT2D eigenvalue weighted by Crippen LogP contribution is -2.39. The molecule has 1 amide bonds. The van der Waals surface area contributed by atoms with Gasteiger partial charge in [0.05, 0.1) is 37.6 Å². The van der Waals surface area contributed by atoms with Crippen LogP contribution in [0.15, 0.2) is 6.20 Å². The number of esters is 1. The predicted octanol–water partition coefficient (Wildman–Crippen LogP) is 0.722. The maximum atomic E-state index is 12.3. The van der Waals surface area contributed by atoms with Crippen molar-refractivity contribution < 1.29 is 19.1 Å². The van der Waals surface area contributed by atoms with Crippen LogP contribution >= 0.6 is 11.7 Å². The van der Waals surface area contributed by atoms with E-state index in [4.69, 9.17) is 4.74 Å². The molecule has 20 heavy (non-hydrogen) atoms. The lowest BCUT2D eigenvalue weighted by molar-refractivity contribution is -0.140. The molecule has 0 saturated carbocycles. The number of ether oxygens (including phenoxy) is 2. The Balaban J connectivity index is 1.98. The minimum atomic E-state index is -0.341. The highest BCUT2D eigenvalue weighted by Gasteiger charge is 2.25. The number of hydrogen-bond donors (Lipinski definition) is 0. The van der Waals surface area contributed by atoms with Gasteiger partial charge in [-0.1, -0.05) is 0 Å². The molecule has 2 rings (SSSR count). The summed E-state index contributed by atoms with van der Waals surface area (Å²) < 4.78 is 17.9. The molecule has 1 saturated heterocycles. The summed E-state index contributed by atoms with van der Waals surface area (Å²) in [7, 11) is 1.33. The molecule has 0 radical (unpaired) electrons. The van der Waals surface area contributed by atoms with Crippen molar-refractivity contribution in [2.45, 2.75) is 25.4 Å². The van der Waals surface area contributed by atoms with Gasteiger partial charge in [-0.2, -0.15) is 8.75 Å². The molecule has 1 aliphatic heterocycles. The van der Waals surface area contributed by atoms with E-state index >= 15 is 0 Å². The van der Waals surface area contributed by atoms with E-state index in [1.807, 2.05) is 0 Å². The average Bonchev–Trinajstić information content (AvgIpc) is 3.14. The fourth-order valence-corrected chi connectivity index (χ4v) is 2.47. The van der Waals surface area contributed by atoms with Crippen molar-refractivity contribution in [1.29, 1.82) is 0 Å². The summed E-state index contributed by atoms with van der Waals surface area (Å²) in [5.74, 6) is -0.565. The highest BCUT2D eigenvalue weighted by atomic mass is 32.1. The molecule has 0 aliphatic carbocycles. The van der Waals surface area contributed by atoms with Crippen LogP contribution in [0.2, 0.25) is 0 Å². The van der Waals surface area contributed by atoms with Gasteiger partial charge in [-0.25, -0.2) is 0 Å². The van der Waals surface area contributed by atoms with E-state index in [1.54, 1.807) is 4.90 Å². The fraction of sp³-hybridized carbons (Fsp3) is 0.667. The predicted molar refractivity (Wildman–Crippen MR) is 71.4 cm³/mol. The third-order valence-electron chi connectivity index (χ3n) is 3.13. The van der Waals surface area contributed by atoms with Crippen LogP contribution in [0.25, 0.3) is 0 Å². The van der Waals surface area contributed by atoms with Gasteiger partial charge in [-0.15, -0.1) is 0 Å². The SMILES string of the molecule is COC(=O)CCN(CC1CCCO1)C(=O)c1cnsn1. The Kier molecular flexibility index (Phi) is 5.42. The zero-order chi connectivity index (χ0) is 14.4. The van der Waals surface area contributed by atoms with E-state index in [2.05, 4.69) is 13.5 Å². The van der Waals surface area contributed by atoms with E-state index in [9.17, 15) is 9.59 Å². The van der Waals surface area contributed by atoms with Gasteiger partial charge in [-0.3, -0.25) is 9.59 Å². The molecule has 1 fully saturated rings. The van der Waals surface area contributed by atoms with Crippen LogP contribution < -0.4 is 0 Å². The van der Waals surface area contributed by atoms with Crippen LogP contribution in [0.3, 0.4) is 0 Å². The molecule has 0 aromatic carbocycles. The van der Waals surface area contributed by atoms with Crippen molar-refractivity contribution in [1.82, 2.24) is 13.6 Å². The molecule has 7 nitrogen and oxygen atoms in total. The Morgan fingerprint density at radius 1 is 1.60 bits per heavy atom. The molecule has 8 heteroatoms. The number of hydrogen-bond acceptors (Lipinski definition) is 7. The second-order valence-electron chi connectivity index (χ2n) is 4.51. The number of carbonyl (C=O) groups excluding carboxylic acids is 2. The zero-order valence-corrected chi connectivity index (χ0v) is 12.1. The van der Waals surface area contributed by atoms with E-state index in [0.29, 0.717) is 18.8 Å². The molecule has 0 bridgehead atoms. The molecule has 110 valence electrons. The van der Waals surface area contributed by atoms with Crippen LogP contribution in [-0.4, -0.2) is 58.4 Å². The molecule has 2 heterocycles. The van der Waals surface area contributed by atoms with Crippen molar-refractivity contribution in [2.24, 2.45) is 0 Å².